The summed E-state index contributed by atoms with van der Waals surface area (Å²) in [4.78, 5) is 20.4. The van der Waals surface area contributed by atoms with Crippen LogP contribution in [0.1, 0.15) is 45.1 Å². The summed E-state index contributed by atoms with van der Waals surface area (Å²) in [5.41, 5.74) is 1.04. The van der Waals surface area contributed by atoms with Crippen LogP contribution in [0.2, 0.25) is 0 Å². The van der Waals surface area contributed by atoms with E-state index in [-0.39, 0.29) is 5.91 Å². The lowest BCUT2D eigenvalue weighted by molar-refractivity contribution is -0.156. The molecule has 4 heteroatoms. The van der Waals surface area contributed by atoms with Crippen molar-refractivity contribution in [2.75, 3.05) is 6.54 Å². The number of likely N-dealkylation sites (tertiary alicyclic amines) is 1. The first-order chi connectivity index (χ1) is 10.1. The highest BCUT2D eigenvalue weighted by Gasteiger charge is 2.45. The molecule has 1 aromatic rings. The maximum atomic E-state index is 12.8. The predicted octanol–water partition coefficient (Wildman–Crippen LogP) is 2.97. The summed E-state index contributed by atoms with van der Waals surface area (Å²) in [6, 6.07) is 10.2. The van der Waals surface area contributed by atoms with E-state index in [2.05, 4.69) is 12.1 Å². The van der Waals surface area contributed by atoms with Crippen molar-refractivity contribution in [3.05, 3.63) is 35.9 Å². The Bertz CT molecular complexity index is 555. The van der Waals surface area contributed by atoms with Crippen molar-refractivity contribution in [1.29, 1.82) is 0 Å². The van der Waals surface area contributed by atoms with Gasteiger partial charge in [-0.3, -0.25) is 4.79 Å². The van der Waals surface area contributed by atoms with Crippen LogP contribution >= 0.6 is 0 Å². The molecule has 1 saturated heterocycles. The summed E-state index contributed by atoms with van der Waals surface area (Å²) < 4.78 is 0. The van der Waals surface area contributed by atoms with Gasteiger partial charge in [0, 0.05) is 19.0 Å². The van der Waals surface area contributed by atoms with Gasteiger partial charge in [0.2, 0.25) is 5.60 Å². The van der Waals surface area contributed by atoms with Gasteiger partial charge in [0.1, 0.15) is 0 Å². The summed E-state index contributed by atoms with van der Waals surface area (Å²) in [6.45, 7) is 4.81. The van der Waals surface area contributed by atoms with Crippen LogP contribution in [-0.4, -0.2) is 34.7 Å². The van der Waals surface area contributed by atoms with E-state index in [0.29, 0.717) is 12.5 Å². The van der Waals surface area contributed by atoms with Crippen molar-refractivity contribution in [1.82, 2.24) is 4.90 Å². The Balaban J connectivity index is 1.73. The zero-order valence-electron chi connectivity index (χ0n) is 12.7. The second-order valence-corrected chi connectivity index (χ2v) is 6.25. The van der Waals surface area contributed by atoms with Crippen molar-refractivity contribution in [3.63, 3.8) is 0 Å². The summed E-state index contributed by atoms with van der Waals surface area (Å²) in [6.07, 6.45) is 3.90. The van der Waals surface area contributed by atoms with E-state index in [1.165, 1.54) is 6.42 Å². The lowest BCUT2D eigenvalue weighted by Gasteiger charge is -2.37. The molecule has 4 nitrogen and oxygen atoms in total. The standard InChI is InChI=1S/C17H22N2O2/c1-13-8-6-7-11-19(13)16(20)17(2)12-15(18-21-17)14-9-4-3-5-10-14/h3-5,9-10,13H,6-8,11-12H2,1-2H3/t13-,17-/m0/s1. The van der Waals surface area contributed by atoms with Gasteiger partial charge in [0.15, 0.2) is 0 Å². The molecule has 0 unspecified atom stereocenters. The lowest BCUT2D eigenvalue weighted by atomic mass is 9.92. The summed E-state index contributed by atoms with van der Waals surface area (Å²) in [7, 11) is 0. The Hall–Kier alpha value is -1.84. The molecule has 0 aliphatic carbocycles. The Kier molecular flexibility index (Phi) is 3.70. The van der Waals surface area contributed by atoms with Gasteiger partial charge in [-0.2, -0.15) is 0 Å². The molecule has 1 aromatic carbocycles. The predicted molar refractivity (Wildman–Crippen MR) is 82.1 cm³/mol. The van der Waals surface area contributed by atoms with Crippen LogP contribution in [0.4, 0.5) is 0 Å². The number of carbonyl (C=O) groups excluding carboxylic acids is 1. The van der Waals surface area contributed by atoms with E-state index in [9.17, 15) is 4.79 Å². The zero-order valence-corrected chi connectivity index (χ0v) is 12.7. The molecule has 0 radical (unpaired) electrons. The van der Waals surface area contributed by atoms with Gasteiger partial charge in [-0.1, -0.05) is 35.5 Å². The van der Waals surface area contributed by atoms with Crippen LogP contribution in [0.3, 0.4) is 0 Å². The minimum absolute atomic E-state index is 0.0735. The average Bonchev–Trinajstić information content (AvgIpc) is 2.92. The first-order valence-corrected chi connectivity index (χ1v) is 7.72. The maximum absolute atomic E-state index is 12.8. The quantitative estimate of drug-likeness (QED) is 0.838. The third-order valence-corrected chi connectivity index (χ3v) is 4.49. The van der Waals surface area contributed by atoms with Gasteiger partial charge >= 0.3 is 0 Å². The van der Waals surface area contributed by atoms with Gasteiger partial charge in [0.25, 0.3) is 5.91 Å². The topological polar surface area (TPSA) is 41.9 Å². The van der Waals surface area contributed by atoms with E-state index in [4.69, 9.17) is 4.84 Å². The first kappa shape index (κ1) is 14.1. The summed E-state index contributed by atoms with van der Waals surface area (Å²) in [5.74, 6) is 0.0735. The number of piperidine rings is 1. The van der Waals surface area contributed by atoms with Crippen molar-refractivity contribution in [2.24, 2.45) is 5.16 Å². The van der Waals surface area contributed by atoms with E-state index in [1.54, 1.807) is 0 Å². The molecule has 2 heterocycles. The molecule has 3 rings (SSSR count). The number of benzene rings is 1. The van der Waals surface area contributed by atoms with Crippen LogP contribution < -0.4 is 0 Å². The Morgan fingerprint density at radius 1 is 1.33 bits per heavy atom. The SMILES string of the molecule is C[C@H]1CCCCN1C(=O)[C@]1(C)CC(c2ccccc2)=NO1. The van der Waals surface area contributed by atoms with Crippen molar-refractivity contribution < 1.29 is 9.63 Å². The van der Waals surface area contributed by atoms with Gasteiger partial charge in [-0.25, -0.2) is 0 Å². The molecule has 112 valence electrons. The second kappa shape index (κ2) is 5.51. The fourth-order valence-corrected chi connectivity index (χ4v) is 3.14. The van der Waals surface area contributed by atoms with Gasteiger partial charge in [-0.15, -0.1) is 0 Å². The van der Waals surface area contributed by atoms with Crippen LogP contribution in [0, 0.1) is 0 Å². The maximum Gasteiger partial charge on any atom is 0.269 e. The zero-order chi connectivity index (χ0) is 14.9. The number of hydrogen-bond acceptors (Lipinski definition) is 3. The summed E-state index contributed by atoms with van der Waals surface area (Å²) in [5, 5.41) is 4.17. The largest absolute Gasteiger partial charge is 0.379 e. The molecule has 1 amide bonds. The number of hydrogen-bond donors (Lipinski definition) is 0. The van der Waals surface area contributed by atoms with E-state index in [1.807, 2.05) is 42.2 Å². The Labute approximate surface area is 125 Å². The highest BCUT2D eigenvalue weighted by atomic mass is 16.7. The molecule has 2 atom stereocenters. The Morgan fingerprint density at radius 2 is 2.10 bits per heavy atom. The first-order valence-electron chi connectivity index (χ1n) is 7.72. The molecule has 2 aliphatic heterocycles. The van der Waals surface area contributed by atoms with Crippen molar-refractivity contribution in [2.45, 2.75) is 51.2 Å². The van der Waals surface area contributed by atoms with E-state index < -0.39 is 5.60 Å². The minimum atomic E-state index is -0.850. The monoisotopic (exact) mass is 286 g/mol. The van der Waals surface area contributed by atoms with Gasteiger partial charge < -0.3 is 9.74 Å². The fourth-order valence-electron chi connectivity index (χ4n) is 3.14. The Morgan fingerprint density at radius 3 is 2.81 bits per heavy atom. The number of rotatable bonds is 2. The third kappa shape index (κ3) is 2.67. The van der Waals surface area contributed by atoms with Gasteiger partial charge in [0.05, 0.1) is 5.71 Å². The van der Waals surface area contributed by atoms with Gasteiger partial charge in [-0.05, 0) is 38.7 Å². The molecule has 0 spiro atoms. The van der Waals surface area contributed by atoms with Crippen LogP contribution in [0.5, 0.6) is 0 Å². The molecular formula is C17H22N2O2. The molecule has 0 saturated carbocycles. The number of carbonyl (C=O) groups is 1. The number of oxime groups is 1. The molecule has 0 bridgehead atoms. The molecule has 2 aliphatic rings. The highest BCUT2D eigenvalue weighted by molar-refractivity contribution is 6.05. The van der Waals surface area contributed by atoms with Crippen LogP contribution in [0.15, 0.2) is 35.5 Å². The molecule has 21 heavy (non-hydrogen) atoms. The second-order valence-electron chi connectivity index (χ2n) is 6.25. The van der Waals surface area contributed by atoms with Crippen LogP contribution in [0.25, 0.3) is 0 Å². The van der Waals surface area contributed by atoms with E-state index in [0.717, 1.165) is 30.7 Å². The number of nitrogens with zero attached hydrogens (tertiary/aromatic N) is 2. The lowest BCUT2D eigenvalue weighted by Crippen LogP contribution is -2.52. The van der Waals surface area contributed by atoms with Crippen molar-refractivity contribution >= 4 is 11.6 Å². The fraction of sp³-hybridized carbons (Fsp3) is 0.529. The van der Waals surface area contributed by atoms with E-state index >= 15 is 0 Å². The minimum Gasteiger partial charge on any atom is -0.379 e. The molecule has 1 fully saturated rings. The average molecular weight is 286 g/mol. The molecule has 0 aromatic heterocycles. The summed E-state index contributed by atoms with van der Waals surface area (Å²) >= 11 is 0. The molecule has 0 N–H and O–H groups in total. The van der Waals surface area contributed by atoms with Crippen molar-refractivity contribution in [3.8, 4) is 0 Å². The number of amides is 1. The normalized spacial score (nSPS) is 29.0. The third-order valence-electron chi connectivity index (χ3n) is 4.49. The van der Waals surface area contributed by atoms with Crippen LogP contribution in [-0.2, 0) is 9.63 Å². The smallest absolute Gasteiger partial charge is 0.269 e. The highest BCUT2D eigenvalue weighted by Crippen LogP contribution is 2.31. The molecular weight excluding hydrogens is 264 g/mol.